The fourth-order valence-corrected chi connectivity index (χ4v) is 4.63. The Morgan fingerprint density at radius 2 is 1.85 bits per heavy atom. The number of nitrogens with one attached hydrogen (secondary N) is 1. The molecule has 1 aromatic rings. The third kappa shape index (κ3) is 4.47. The molecule has 0 saturated heterocycles. The van der Waals surface area contributed by atoms with Crippen LogP contribution in [0.25, 0.3) is 0 Å². The predicted molar refractivity (Wildman–Crippen MR) is 121 cm³/mol. The first-order valence-corrected chi connectivity index (χ1v) is 11.1. The average Bonchev–Trinajstić information content (AvgIpc) is 2.78. The van der Waals surface area contributed by atoms with Crippen LogP contribution >= 0.6 is 0 Å². The summed E-state index contributed by atoms with van der Waals surface area (Å²) in [5, 5.41) is 3.24. The number of carbonyl (C=O) groups excluding carboxylic acids is 3. The molecule has 3 rings (SSSR count). The molecular formula is C25H31NO7. The van der Waals surface area contributed by atoms with Crippen LogP contribution in [-0.2, 0) is 23.9 Å². The van der Waals surface area contributed by atoms with Crippen molar-refractivity contribution in [2.75, 3.05) is 27.4 Å². The SMILES string of the molecule is CCOC(=O)C1=C(C)NC2=C(C(=O)[C@@H](C(=O)OC)[C@H](C)C2)[C@@H]1c1ccc(OCC)c(OC)c1. The number of ether oxygens (including phenoxy) is 4. The van der Waals surface area contributed by atoms with E-state index >= 15 is 0 Å². The lowest BCUT2D eigenvalue weighted by molar-refractivity contribution is -0.151. The lowest BCUT2D eigenvalue weighted by atomic mass is 9.69. The zero-order valence-corrected chi connectivity index (χ0v) is 19.9. The van der Waals surface area contributed by atoms with E-state index in [1.54, 1.807) is 32.0 Å². The van der Waals surface area contributed by atoms with Gasteiger partial charge in [-0.2, -0.15) is 0 Å². The van der Waals surface area contributed by atoms with Crippen molar-refractivity contribution in [1.29, 1.82) is 0 Å². The van der Waals surface area contributed by atoms with Crippen LogP contribution in [-0.4, -0.2) is 45.2 Å². The number of dihydropyridines is 1. The van der Waals surface area contributed by atoms with Crippen molar-refractivity contribution in [2.45, 2.75) is 40.0 Å². The normalized spacial score (nSPS) is 22.4. The van der Waals surface area contributed by atoms with E-state index < -0.39 is 23.8 Å². The molecule has 1 N–H and O–H groups in total. The van der Waals surface area contributed by atoms with Crippen molar-refractivity contribution in [3.63, 3.8) is 0 Å². The van der Waals surface area contributed by atoms with Gasteiger partial charge in [-0.25, -0.2) is 4.79 Å². The van der Waals surface area contributed by atoms with Gasteiger partial charge in [0.2, 0.25) is 0 Å². The Kier molecular flexibility index (Phi) is 7.46. The van der Waals surface area contributed by atoms with Crippen molar-refractivity contribution in [1.82, 2.24) is 5.32 Å². The number of carbonyl (C=O) groups is 3. The Balaban J connectivity index is 2.21. The highest BCUT2D eigenvalue weighted by Gasteiger charge is 2.47. The Bertz CT molecular complexity index is 1020. The van der Waals surface area contributed by atoms with Gasteiger partial charge in [-0.15, -0.1) is 0 Å². The van der Waals surface area contributed by atoms with Crippen molar-refractivity contribution >= 4 is 17.7 Å². The zero-order valence-electron chi connectivity index (χ0n) is 19.9. The van der Waals surface area contributed by atoms with Gasteiger partial charge in [-0.05, 0) is 50.8 Å². The lowest BCUT2D eigenvalue weighted by Gasteiger charge is -2.38. The predicted octanol–water partition coefficient (Wildman–Crippen LogP) is 3.27. The number of rotatable bonds is 7. The van der Waals surface area contributed by atoms with E-state index in [0.29, 0.717) is 52.6 Å². The first-order valence-electron chi connectivity index (χ1n) is 11.1. The molecule has 0 fully saturated rings. The van der Waals surface area contributed by atoms with Crippen molar-refractivity contribution in [2.24, 2.45) is 11.8 Å². The summed E-state index contributed by atoms with van der Waals surface area (Å²) in [5.74, 6) is -2.32. The van der Waals surface area contributed by atoms with Crippen molar-refractivity contribution < 1.29 is 33.3 Å². The second-order valence-corrected chi connectivity index (χ2v) is 8.10. The maximum absolute atomic E-state index is 13.7. The van der Waals surface area contributed by atoms with Gasteiger partial charge in [0.05, 0.1) is 33.0 Å². The third-order valence-corrected chi connectivity index (χ3v) is 6.06. The standard InChI is InChI=1S/C25H31NO7/c1-7-32-17-10-9-15(12-18(17)30-5)21-20(25(29)33-8-2)14(4)26-16-11-13(3)19(24(28)31-6)23(27)22(16)21/h9-10,12-13,19,21,26H,7-8,11H2,1-6H3/t13-,19+,21-/m1/s1. The van der Waals surface area contributed by atoms with Crippen molar-refractivity contribution in [3.05, 3.63) is 46.3 Å². The first-order chi connectivity index (χ1) is 15.8. The molecule has 0 aromatic heterocycles. The van der Waals surface area contributed by atoms with Crippen LogP contribution in [0.5, 0.6) is 11.5 Å². The molecule has 0 saturated carbocycles. The second-order valence-electron chi connectivity index (χ2n) is 8.10. The summed E-state index contributed by atoms with van der Waals surface area (Å²) < 4.78 is 21.4. The number of Topliss-reactive ketones (excluding diaryl/α,β-unsaturated/α-hetero) is 1. The molecule has 0 radical (unpaired) electrons. The van der Waals surface area contributed by atoms with Crippen LogP contribution in [0, 0.1) is 11.8 Å². The number of methoxy groups -OCH3 is 2. The largest absolute Gasteiger partial charge is 0.493 e. The molecule has 1 aliphatic heterocycles. The summed E-state index contributed by atoms with van der Waals surface area (Å²) in [7, 11) is 2.80. The van der Waals surface area contributed by atoms with Gasteiger partial charge in [0.25, 0.3) is 0 Å². The molecule has 33 heavy (non-hydrogen) atoms. The van der Waals surface area contributed by atoms with E-state index in [1.807, 2.05) is 13.8 Å². The second kappa shape index (κ2) is 10.1. The quantitative estimate of drug-likeness (QED) is 0.492. The third-order valence-electron chi connectivity index (χ3n) is 6.06. The Morgan fingerprint density at radius 1 is 1.12 bits per heavy atom. The summed E-state index contributed by atoms with van der Waals surface area (Å²) in [6.07, 6.45) is 0.471. The van der Waals surface area contributed by atoms with Crippen LogP contribution < -0.4 is 14.8 Å². The Morgan fingerprint density at radius 3 is 2.45 bits per heavy atom. The highest BCUT2D eigenvalue weighted by Crippen LogP contribution is 2.46. The summed E-state index contributed by atoms with van der Waals surface area (Å²) in [6.45, 7) is 7.89. The topological polar surface area (TPSA) is 100 Å². The van der Waals surface area contributed by atoms with Gasteiger partial charge in [0.15, 0.2) is 17.3 Å². The van der Waals surface area contributed by atoms with Gasteiger partial charge in [0.1, 0.15) is 5.92 Å². The monoisotopic (exact) mass is 457 g/mol. The van der Waals surface area contributed by atoms with Crippen LogP contribution in [0.2, 0.25) is 0 Å². The van der Waals surface area contributed by atoms with Crippen LogP contribution in [0.3, 0.4) is 0 Å². The maximum atomic E-state index is 13.7. The Hall–Kier alpha value is -3.29. The van der Waals surface area contributed by atoms with E-state index in [1.165, 1.54) is 14.2 Å². The van der Waals surface area contributed by atoms with Gasteiger partial charge in [-0.3, -0.25) is 9.59 Å². The van der Waals surface area contributed by atoms with E-state index in [-0.39, 0.29) is 18.3 Å². The summed E-state index contributed by atoms with van der Waals surface area (Å²) in [4.78, 5) is 39.2. The summed E-state index contributed by atoms with van der Waals surface area (Å²) in [5.41, 5.74) is 2.69. The summed E-state index contributed by atoms with van der Waals surface area (Å²) in [6, 6.07) is 5.32. The summed E-state index contributed by atoms with van der Waals surface area (Å²) >= 11 is 0. The number of hydrogen-bond acceptors (Lipinski definition) is 8. The molecule has 0 spiro atoms. The molecule has 1 aliphatic carbocycles. The average molecular weight is 458 g/mol. The molecule has 8 heteroatoms. The van der Waals surface area contributed by atoms with E-state index in [4.69, 9.17) is 18.9 Å². The minimum absolute atomic E-state index is 0.191. The molecule has 1 heterocycles. The minimum atomic E-state index is -0.940. The molecule has 0 bridgehead atoms. The van der Waals surface area contributed by atoms with Gasteiger partial charge < -0.3 is 24.3 Å². The highest BCUT2D eigenvalue weighted by molar-refractivity contribution is 6.12. The molecule has 3 atom stereocenters. The molecule has 1 aromatic carbocycles. The van der Waals surface area contributed by atoms with Crippen LogP contribution in [0.1, 0.15) is 45.6 Å². The maximum Gasteiger partial charge on any atom is 0.336 e. The fourth-order valence-electron chi connectivity index (χ4n) is 4.63. The number of benzene rings is 1. The molecule has 0 amide bonds. The minimum Gasteiger partial charge on any atom is -0.493 e. The molecule has 0 unspecified atom stereocenters. The smallest absolute Gasteiger partial charge is 0.336 e. The Labute approximate surface area is 193 Å². The molecule has 2 aliphatic rings. The van der Waals surface area contributed by atoms with Gasteiger partial charge >= 0.3 is 11.9 Å². The number of ketones is 1. The van der Waals surface area contributed by atoms with E-state index in [2.05, 4.69) is 5.32 Å². The van der Waals surface area contributed by atoms with E-state index in [9.17, 15) is 14.4 Å². The van der Waals surface area contributed by atoms with Crippen molar-refractivity contribution in [3.8, 4) is 11.5 Å². The highest BCUT2D eigenvalue weighted by atomic mass is 16.5. The van der Waals surface area contributed by atoms with Gasteiger partial charge in [-0.1, -0.05) is 13.0 Å². The van der Waals surface area contributed by atoms with E-state index in [0.717, 1.165) is 0 Å². The number of hydrogen-bond donors (Lipinski definition) is 1. The first kappa shape index (κ1) is 24.4. The van der Waals surface area contributed by atoms with Gasteiger partial charge in [0, 0.05) is 22.9 Å². The lowest BCUT2D eigenvalue weighted by Crippen LogP contribution is -2.43. The fraction of sp³-hybridized carbons (Fsp3) is 0.480. The number of allylic oxidation sites excluding steroid dienone is 3. The van der Waals surface area contributed by atoms with Crippen LogP contribution in [0.4, 0.5) is 0 Å². The van der Waals surface area contributed by atoms with Crippen LogP contribution in [0.15, 0.2) is 40.7 Å². The molecule has 8 nitrogen and oxygen atoms in total. The zero-order chi connectivity index (χ0) is 24.3. The number of esters is 2. The molecular weight excluding hydrogens is 426 g/mol. The molecule has 178 valence electrons.